The van der Waals surface area contributed by atoms with Crippen molar-refractivity contribution in [2.24, 2.45) is 12.8 Å². The number of anilines is 1. The lowest BCUT2D eigenvalue weighted by atomic mass is 10.0. The second-order valence-corrected chi connectivity index (χ2v) is 13.5. The number of imidazole rings is 1. The molecule has 14 heteroatoms. The van der Waals surface area contributed by atoms with Crippen molar-refractivity contribution in [2.45, 2.75) is 64.7 Å². The van der Waals surface area contributed by atoms with Gasteiger partial charge in [-0.1, -0.05) is 36.3 Å². The van der Waals surface area contributed by atoms with Crippen LogP contribution in [-0.2, 0) is 20.1 Å². The summed E-state index contributed by atoms with van der Waals surface area (Å²) >= 11 is 0. The fourth-order valence-electron chi connectivity index (χ4n) is 7.33. The van der Waals surface area contributed by atoms with Gasteiger partial charge in [-0.25, -0.2) is 14.8 Å². The summed E-state index contributed by atoms with van der Waals surface area (Å²) in [5.41, 5.74) is 7.73. The maximum absolute atomic E-state index is 14.2. The molecule has 2 unspecified atom stereocenters. The molecule has 2 amide bonds. The Morgan fingerprint density at radius 1 is 0.942 bits per heavy atom. The number of hydrogen-bond acceptors (Lipinski definition) is 9. The molecule has 0 bridgehead atoms. The van der Waals surface area contributed by atoms with E-state index in [1.807, 2.05) is 36.1 Å². The highest BCUT2D eigenvalue weighted by molar-refractivity contribution is 6.07. The molecule has 5 heterocycles. The molecule has 52 heavy (non-hydrogen) atoms. The second-order valence-electron chi connectivity index (χ2n) is 13.5. The number of para-hydroxylation sites is 1. The highest BCUT2D eigenvalue weighted by Gasteiger charge is 2.30. The van der Waals surface area contributed by atoms with Crippen LogP contribution in [0.3, 0.4) is 0 Å². The number of fused-ring (bicyclic) bond motifs is 2. The van der Waals surface area contributed by atoms with Gasteiger partial charge in [0.15, 0.2) is 11.2 Å². The van der Waals surface area contributed by atoms with Crippen molar-refractivity contribution in [3.05, 3.63) is 92.0 Å². The summed E-state index contributed by atoms with van der Waals surface area (Å²) in [7, 11) is 1.59. The van der Waals surface area contributed by atoms with Gasteiger partial charge in [-0.05, 0) is 57.7 Å². The third kappa shape index (κ3) is 6.55. The zero-order valence-electron chi connectivity index (χ0n) is 29.6. The average molecular weight is 703 g/mol. The molecule has 2 fully saturated rings. The number of benzene rings is 2. The zero-order valence-corrected chi connectivity index (χ0v) is 29.6. The van der Waals surface area contributed by atoms with Gasteiger partial charge < -0.3 is 20.9 Å². The molecule has 0 radical (unpaired) electrons. The summed E-state index contributed by atoms with van der Waals surface area (Å²) < 4.78 is 4.26. The average Bonchev–Trinajstić information content (AvgIpc) is 3.54. The summed E-state index contributed by atoms with van der Waals surface area (Å²) in [5, 5.41) is 4.05. The highest BCUT2D eigenvalue weighted by atomic mass is 16.2. The van der Waals surface area contributed by atoms with Gasteiger partial charge in [-0.15, -0.1) is 5.92 Å². The van der Waals surface area contributed by atoms with Crippen LogP contribution in [0.25, 0.3) is 22.1 Å². The molecule has 0 saturated carbocycles. The SMILES string of the molecule is CC#CCn1c(N2CCCC(NC(=O)c3ccccc3C(=O)N3CCCC(N)C3)C2)nc2c1c(=O)n(Cc1nc(C)c3ccccc3n1)c(=O)n2C. The summed E-state index contributed by atoms with van der Waals surface area (Å²) in [6.07, 6.45) is 3.15. The van der Waals surface area contributed by atoms with Gasteiger partial charge in [0, 0.05) is 56.4 Å². The molecule has 14 nitrogen and oxygen atoms in total. The van der Waals surface area contributed by atoms with Gasteiger partial charge in [0.1, 0.15) is 5.82 Å². The van der Waals surface area contributed by atoms with Crippen molar-refractivity contribution in [2.75, 3.05) is 31.1 Å². The maximum Gasteiger partial charge on any atom is 0.332 e. The molecule has 2 aliphatic rings. The Balaban J connectivity index is 1.18. The molecule has 0 spiro atoms. The number of likely N-dealkylation sites (tertiary alicyclic amines) is 1. The molecule has 2 aromatic carbocycles. The standard InChI is InChI=1S/C38H42N10O4/c1-4-5-20-47-32-33(44(3)38(52)48(36(32)51)23-31-40-24(2)27-14-8-9-17-30(27)42-31)43-37(47)46-19-11-13-26(22-46)41-34(49)28-15-6-7-16-29(28)35(50)45-18-10-12-25(39)21-45/h6-9,14-17,25-26H,10-13,18-23,39H2,1-3H3,(H,41,49). The zero-order chi connectivity index (χ0) is 36.5. The fourth-order valence-corrected chi connectivity index (χ4v) is 7.33. The highest BCUT2D eigenvalue weighted by Crippen LogP contribution is 2.24. The minimum Gasteiger partial charge on any atom is -0.348 e. The fraction of sp³-hybridized carbons (Fsp3) is 0.395. The van der Waals surface area contributed by atoms with E-state index in [4.69, 9.17) is 10.7 Å². The van der Waals surface area contributed by atoms with Crippen LogP contribution in [0.2, 0.25) is 0 Å². The number of carbonyl (C=O) groups is 2. The van der Waals surface area contributed by atoms with E-state index < -0.39 is 11.2 Å². The van der Waals surface area contributed by atoms with Crippen LogP contribution in [0.15, 0.2) is 58.1 Å². The first-order valence-corrected chi connectivity index (χ1v) is 17.7. The molecular formula is C38H42N10O4. The Hall–Kier alpha value is -5.81. The Morgan fingerprint density at radius 3 is 2.48 bits per heavy atom. The number of nitrogens with two attached hydrogens (primary N) is 1. The third-order valence-corrected chi connectivity index (χ3v) is 9.95. The molecule has 0 aliphatic carbocycles. The lowest BCUT2D eigenvalue weighted by Gasteiger charge is -2.34. The van der Waals surface area contributed by atoms with E-state index in [9.17, 15) is 19.2 Å². The van der Waals surface area contributed by atoms with Crippen LogP contribution in [0.1, 0.15) is 64.8 Å². The first-order valence-electron chi connectivity index (χ1n) is 17.7. The number of nitrogens with zero attached hydrogens (tertiary/aromatic N) is 8. The van der Waals surface area contributed by atoms with E-state index in [1.165, 1.54) is 4.57 Å². The number of rotatable bonds is 7. The van der Waals surface area contributed by atoms with Crippen molar-refractivity contribution in [1.82, 2.24) is 38.9 Å². The van der Waals surface area contributed by atoms with Crippen molar-refractivity contribution < 1.29 is 9.59 Å². The van der Waals surface area contributed by atoms with Crippen LogP contribution in [-0.4, -0.2) is 83.6 Å². The van der Waals surface area contributed by atoms with E-state index in [-0.39, 0.29) is 48.2 Å². The first-order chi connectivity index (χ1) is 25.1. The monoisotopic (exact) mass is 702 g/mol. The molecule has 3 aromatic heterocycles. The van der Waals surface area contributed by atoms with Crippen molar-refractivity contribution in [3.8, 4) is 11.8 Å². The number of amides is 2. The Morgan fingerprint density at radius 2 is 1.69 bits per heavy atom. The summed E-state index contributed by atoms with van der Waals surface area (Å²) in [6, 6.07) is 14.1. The minimum atomic E-state index is -0.534. The number of piperidine rings is 2. The number of nitrogens with one attached hydrogen (secondary N) is 1. The quantitative estimate of drug-likeness (QED) is 0.242. The summed E-state index contributed by atoms with van der Waals surface area (Å²) in [6.45, 7) is 5.75. The van der Waals surface area contributed by atoms with Crippen LogP contribution in [0, 0.1) is 18.8 Å². The van der Waals surface area contributed by atoms with E-state index in [0.29, 0.717) is 55.5 Å². The molecule has 7 rings (SSSR count). The molecular weight excluding hydrogens is 660 g/mol. The third-order valence-electron chi connectivity index (χ3n) is 9.95. The van der Waals surface area contributed by atoms with Crippen molar-refractivity contribution >= 4 is 39.8 Å². The number of aryl methyl sites for hydroxylation is 2. The molecule has 5 aromatic rings. The number of hydrogen-bond donors (Lipinski definition) is 2. The van der Waals surface area contributed by atoms with Crippen LogP contribution in [0.4, 0.5) is 5.95 Å². The van der Waals surface area contributed by atoms with Crippen LogP contribution < -0.4 is 27.2 Å². The van der Waals surface area contributed by atoms with Crippen LogP contribution in [0.5, 0.6) is 0 Å². The smallest absolute Gasteiger partial charge is 0.332 e. The predicted octanol–water partition coefficient (Wildman–Crippen LogP) is 2.18. The molecule has 3 N–H and O–H groups in total. The molecule has 2 atom stereocenters. The predicted molar refractivity (Wildman–Crippen MR) is 198 cm³/mol. The van der Waals surface area contributed by atoms with Gasteiger partial charge in [0.2, 0.25) is 5.95 Å². The van der Waals surface area contributed by atoms with Crippen LogP contribution >= 0.6 is 0 Å². The molecule has 2 aliphatic heterocycles. The first kappa shape index (κ1) is 34.6. The van der Waals surface area contributed by atoms with Gasteiger partial charge >= 0.3 is 5.69 Å². The lowest BCUT2D eigenvalue weighted by molar-refractivity contribution is 0.0703. The topological polar surface area (TPSA) is 166 Å². The van der Waals surface area contributed by atoms with Gasteiger partial charge in [0.25, 0.3) is 17.4 Å². The van der Waals surface area contributed by atoms with E-state index >= 15 is 0 Å². The minimum absolute atomic E-state index is 0.0763. The number of carbonyl (C=O) groups excluding carboxylic acids is 2. The Bertz CT molecular complexity index is 2380. The Labute approximate surface area is 300 Å². The van der Waals surface area contributed by atoms with Gasteiger partial charge in [-0.2, -0.15) is 4.98 Å². The largest absolute Gasteiger partial charge is 0.348 e. The van der Waals surface area contributed by atoms with Gasteiger partial charge in [-0.3, -0.25) is 28.1 Å². The summed E-state index contributed by atoms with van der Waals surface area (Å²) in [4.78, 5) is 72.9. The van der Waals surface area contributed by atoms with E-state index in [1.54, 1.807) is 47.7 Å². The number of aromatic nitrogens is 6. The normalized spacial score (nSPS) is 17.6. The summed E-state index contributed by atoms with van der Waals surface area (Å²) in [5.74, 6) is 6.28. The molecule has 2 saturated heterocycles. The molecule has 268 valence electrons. The van der Waals surface area contributed by atoms with E-state index in [0.717, 1.165) is 40.4 Å². The van der Waals surface area contributed by atoms with Crippen molar-refractivity contribution in [1.29, 1.82) is 0 Å². The van der Waals surface area contributed by atoms with Crippen molar-refractivity contribution in [3.63, 3.8) is 0 Å². The maximum atomic E-state index is 14.2. The van der Waals surface area contributed by atoms with Gasteiger partial charge in [0.05, 0.1) is 29.7 Å². The van der Waals surface area contributed by atoms with E-state index in [2.05, 4.69) is 27.1 Å². The lowest BCUT2D eigenvalue weighted by Crippen LogP contribution is -2.49. The second kappa shape index (κ2) is 14.4. The Kier molecular flexibility index (Phi) is 9.61.